The van der Waals surface area contributed by atoms with Crippen LogP contribution in [0, 0.1) is 0 Å². The Labute approximate surface area is 654 Å². The number of rotatable bonds is 11. The van der Waals surface area contributed by atoms with Gasteiger partial charge in [0.15, 0.2) is 0 Å². The molecule has 0 fully saturated rings. The van der Waals surface area contributed by atoms with Crippen LogP contribution in [0.1, 0.15) is 0 Å². The molecule has 0 aliphatic rings. The van der Waals surface area contributed by atoms with Crippen LogP contribution >= 0.6 is 11.3 Å². The lowest BCUT2D eigenvalue weighted by atomic mass is 10.0. The van der Waals surface area contributed by atoms with Crippen LogP contribution in [0.5, 0.6) is 0 Å². The Balaban J connectivity index is 0.000000138. The predicted molar refractivity (Wildman–Crippen MR) is 472 cm³/mol. The van der Waals surface area contributed by atoms with Crippen LogP contribution < -0.4 is 0 Å². The average Bonchev–Trinajstić information content (AvgIpc) is 1.59. The van der Waals surface area contributed by atoms with Crippen LogP contribution in [0.15, 0.2) is 400 Å². The molecule has 0 bridgehead atoms. The zero-order chi connectivity index (χ0) is 74.5. The van der Waals surface area contributed by atoms with Crippen LogP contribution in [0.25, 0.3) is 209 Å². The van der Waals surface area contributed by atoms with Crippen LogP contribution in [0.2, 0.25) is 0 Å². The molecule has 7 aromatic heterocycles. The van der Waals surface area contributed by atoms with Gasteiger partial charge in [0.1, 0.15) is 0 Å². The Morgan fingerprint density at radius 3 is 0.832 bits per heavy atom. The van der Waals surface area contributed by atoms with Crippen molar-refractivity contribution in [3.63, 3.8) is 0 Å². The molecule has 0 spiro atoms. The summed E-state index contributed by atoms with van der Waals surface area (Å²) >= 11 is 1.86. The lowest BCUT2D eigenvalue weighted by Gasteiger charge is -2.12. The maximum absolute atomic E-state index is 5.22. The Morgan fingerprint density at radius 1 is 0.159 bits per heavy atom. The first-order valence-electron chi connectivity index (χ1n) is 38.2. The van der Waals surface area contributed by atoms with Crippen molar-refractivity contribution in [2.24, 2.45) is 0 Å². The van der Waals surface area contributed by atoms with E-state index in [9.17, 15) is 0 Å². The average molecular weight is 1460 g/mol. The summed E-state index contributed by atoms with van der Waals surface area (Å²) in [5.74, 6) is 1.30. The van der Waals surface area contributed by atoms with Gasteiger partial charge in [-0.3, -0.25) is 9.13 Å². The molecule has 23 rings (SSSR count). The molecule has 0 aliphatic heterocycles. The quantitative estimate of drug-likeness (QED) is 0.129. The van der Waals surface area contributed by atoms with E-state index in [1.807, 2.05) is 35.6 Å². The van der Waals surface area contributed by atoms with E-state index >= 15 is 0 Å². The molecule has 0 radical (unpaired) electrons. The summed E-state index contributed by atoms with van der Waals surface area (Å²) < 4.78 is 11.9. The molecule has 9 heteroatoms. The number of benzene rings is 16. The Kier molecular flexibility index (Phi) is 15.6. The van der Waals surface area contributed by atoms with Crippen molar-refractivity contribution in [2.45, 2.75) is 0 Å². The predicted octanol–water partition coefficient (Wildman–Crippen LogP) is 27.4. The smallest absolute Gasteiger partial charge is 0.235 e. The topological polar surface area (TPSA) is 71.3 Å². The van der Waals surface area contributed by atoms with Gasteiger partial charge in [-0.05, 0) is 155 Å². The Bertz CT molecular complexity index is 7550. The molecular formula is C104H66N8S. The third-order valence-corrected chi connectivity index (χ3v) is 23.4. The van der Waals surface area contributed by atoms with E-state index in [1.165, 1.54) is 103 Å². The fourth-order valence-electron chi connectivity index (χ4n) is 17.0. The van der Waals surface area contributed by atoms with Gasteiger partial charge in [-0.1, -0.05) is 279 Å². The molecular weight excluding hydrogens is 1390 g/mol. The number of fused-ring (bicyclic) bond motifs is 15. The second kappa shape index (κ2) is 27.0. The Morgan fingerprint density at radius 2 is 0.442 bits per heavy atom. The number of nitrogens with zero attached hydrogens (tertiary/aromatic N) is 8. The van der Waals surface area contributed by atoms with Crippen molar-refractivity contribution in [3.05, 3.63) is 400 Å². The first-order chi connectivity index (χ1) is 56.0. The van der Waals surface area contributed by atoms with Crippen LogP contribution in [0.4, 0.5) is 0 Å². The van der Waals surface area contributed by atoms with Gasteiger partial charge in [0.05, 0.1) is 66.9 Å². The largest absolute Gasteiger partial charge is 0.309 e. The summed E-state index contributed by atoms with van der Waals surface area (Å²) in [5, 5.41) is 12.2. The minimum atomic E-state index is 0.648. The van der Waals surface area contributed by atoms with Crippen LogP contribution in [0.3, 0.4) is 0 Å². The second-order valence-corrected chi connectivity index (χ2v) is 30.0. The molecule has 0 N–H and O–H groups in total. The summed E-state index contributed by atoms with van der Waals surface area (Å²) in [5.41, 5.74) is 26.2. The maximum atomic E-state index is 5.22. The minimum Gasteiger partial charge on any atom is -0.309 e. The van der Waals surface area contributed by atoms with Gasteiger partial charge >= 0.3 is 0 Å². The highest BCUT2D eigenvalue weighted by Crippen LogP contribution is 2.44. The fraction of sp³-hybridized carbons (Fsp3) is 0. The lowest BCUT2D eigenvalue weighted by Crippen LogP contribution is -2.03. The van der Waals surface area contributed by atoms with Gasteiger partial charge < -0.3 is 9.13 Å². The van der Waals surface area contributed by atoms with Gasteiger partial charge in [0.2, 0.25) is 11.9 Å². The van der Waals surface area contributed by atoms with Crippen molar-refractivity contribution in [3.8, 4) is 102 Å². The van der Waals surface area contributed by atoms with Gasteiger partial charge in [0, 0.05) is 96.9 Å². The second-order valence-electron chi connectivity index (χ2n) is 28.9. The van der Waals surface area contributed by atoms with Crippen molar-refractivity contribution in [1.82, 2.24) is 38.2 Å². The molecule has 0 saturated carbocycles. The number of aromatic nitrogens is 8. The molecule has 113 heavy (non-hydrogen) atoms. The summed E-state index contributed by atoms with van der Waals surface area (Å²) in [7, 11) is 0. The maximum Gasteiger partial charge on any atom is 0.235 e. The van der Waals surface area contributed by atoms with Gasteiger partial charge in [-0.25, -0.2) is 19.9 Å². The first kappa shape index (κ1) is 65.2. The van der Waals surface area contributed by atoms with Gasteiger partial charge in [0.25, 0.3) is 0 Å². The van der Waals surface area contributed by atoms with Gasteiger partial charge in [-0.2, -0.15) is 0 Å². The Hall–Kier alpha value is -14.9. The van der Waals surface area contributed by atoms with E-state index in [1.54, 1.807) is 0 Å². The third-order valence-electron chi connectivity index (χ3n) is 22.3. The van der Waals surface area contributed by atoms with E-state index in [0.29, 0.717) is 11.9 Å². The van der Waals surface area contributed by atoms with E-state index in [0.717, 1.165) is 94.5 Å². The molecule has 8 nitrogen and oxygen atoms in total. The number of hydrogen-bond acceptors (Lipinski definition) is 5. The van der Waals surface area contributed by atoms with E-state index < -0.39 is 0 Å². The third kappa shape index (κ3) is 11.3. The molecule has 0 aliphatic carbocycles. The lowest BCUT2D eigenvalue weighted by molar-refractivity contribution is 0.995. The normalized spacial score (nSPS) is 11.7. The molecule has 0 amide bonds. The van der Waals surface area contributed by atoms with Crippen molar-refractivity contribution < 1.29 is 0 Å². The first-order valence-corrected chi connectivity index (χ1v) is 39.1. The molecule has 0 unspecified atom stereocenters. The number of para-hydroxylation sites is 4. The number of hydrogen-bond donors (Lipinski definition) is 0. The minimum absolute atomic E-state index is 0.648. The summed E-state index contributed by atoms with van der Waals surface area (Å²) in [4.78, 5) is 20.9. The van der Waals surface area contributed by atoms with E-state index in [-0.39, 0.29) is 0 Å². The highest BCUT2D eigenvalue weighted by molar-refractivity contribution is 7.25. The zero-order valence-corrected chi connectivity index (χ0v) is 61.9. The van der Waals surface area contributed by atoms with E-state index in [2.05, 4.69) is 394 Å². The molecule has 528 valence electrons. The van der Waals surface area contributed by atoms with Crippen LogP contribution in [-0.2, 0) is 0 Å². The number of thiophene rings is 1. The zero-order valence-electron chi connectivity index (χ0n) is 61.1. The summed E-state index contributed by atoms with van der Waals surface area (Å²) in [6.45, 7) is 0. The molecule has 16 aromatic carbocycles. The summed E-state index contributed by atoms with van der Waals surface area (Å²) in [6.07, 6.45) is 0. The van der Waals surface area contributed by atoms with E-state index in [4.69, 9.17) is 19.9 Å². The van der Waals surface area contributed by atoms with Crippen LogP contribution in [-0.4, -0.2) is 38.2 Å². The highest BCUT2D eigenvalue weighted by Gasteiger charge is 2.23. The SMILES string of the molecule is c1ccc(-c2cc(-c3ccccc3)nc(-n3c4ccccc4c4cc(-c5ccc6c(c5)c5ccccc5n6-c5ccc6sc7ccccc7c6c5)ccc43)n2)cc1.c1ccc(-c2cccc(-n3c4ccccc4c4cc(-c5ccc6c(c5)c5ccccc5n6-c5nc(-c6ccccc6)cc(-c6ccccc6)n5)ccc43)c2)cc1. The van der Waals surface area contributed by atoms with Crippen molar-refractivity contribution in [1.29, 1.82) is 0 Å². The molecule has 7 heterocycles. The summed E-state index contributed by atoms with van der Waals surface area (Å²) in [6, 6.07) is 143. The monoisotopic (exact) mass is 1460 g/mol. The molecule has 23 aromatic rings. The molecule has 0 saturated heterocycles. The molecule has 0 atom stereocenters. The van der Waals surface area contributed by atoms with Crippen molar-refractivity contribution >= 4 is 119 Å². The van der Waals surface area contributed by atoms with Gasteiger partial charge in [-0.15, -0.1) is 11.3 Å². The van der Waals surface area contributed by atoms with Crippen molar-refractivity contribution in [2.75, 3.05) is 0 Å². The standard InChI is InChI=1S/C52H32N4S.C52H34N4/c1-3-13-33(14-4-1)44-32-45(34-15-5-2-6-16-34)54-52(53-44)56-47-21-11-8-18-39(47)42-30-36(24-27-49(42)56)35-23-26-48-41(29-35)38-17-7-10-20-46(38)55(48)37-25-28-51-43(31-37)40-19-9-12-22-50(40)57-51;1-4-15-35(16-5-1)38-21-14-22-41(31-38)55-48-25-12-10-23-42(48)44-32-39(27-29-50(44)55)40-28-30-51-45(33-40)43-24-11-13-26-49(43)56(51)52-53-46(36-17-6-2-7-18-36)34-47(54-52)37-19-8-3-9-20-37/h1-32H;1-34H. The highest BCUT2D eigenvalue weighted by atomic mass is 32.1. The fourth-order valence-corrected chi connectivity index (χ4v) is 18.1.